The first-order valence-corrected chi connectivity index (χ1v) is 10.6. The SMILES string of the molecule is O=c1c(=O)n2c(nn1Cc1ccc(F)cc1)CC1(CCN(Cc3cccs3)C1)C2. The van der Waals surface area contributed by atoms with Crippen LogP contribution in [0.25, 0.3) is 0 Å². The third-order valence-electron chi connectivity index (χ3n) is 5.96. The van der Waals surface area contributed by atoms with E-state index in [9.17, 15) is 14.0 Å². The quantitative estimate of drug-likeness (QED) is 0.616. The summed E-state index contributed by atoms with van der Waals surface area (Å²) in [7, 11) is 0. The van der Waals surface area contributed by atoms with E-state index >= 15 is 0 Å². The second-order valence-electron chi connectivity index (χ2n) is 8.11. The smallest absolute Gasteiger partial charge is 0.298 e. The van der Waals surface area contributed by atoms with E-state index < -0.39 is 11.1 Å². The second-order valence-corrected chi connectivity index (χ2v) is 9.15. The molecule has 0 aliphatic carbocycles. The van der Waals surface area contributed by atoms with E-state index in [1.807, 2.05) is 0 Å². The van der Waals surface area contributed by atoms with Crippen LogP contribution in [0.15, 0.2) is 51.4 Å². The summed E-state index contributed by atoms with van der Waals surface area (Å²) in [4.78, 5) is 29.0. The van der Waals surface area contributed by atoms with Gasteiger partial charge in [0, 0.05) is 36.3 Å². The molecule has 150 valence electrons. The van der Waals surface area contributed by atoms with E-state index in [1.54, 1.807) is 28.0 Å². The molecule has 2 aliphatic rings. The summed E-state index contributed by atoms with van der Waals surface area (Å²) in [5, 5.41) is 6.60. The van der Waals surface area contributed by atoms with Crippen LogP contribution in [0.3, 0.4) is 0 Å². The van der Waals surface area contributed by atoms with Gasteiger partial charge in [-0.05, 0) is 42.1 Å². The highest BCUT2D eigenvalue weighted by molar-refractivity contribution is 7.09. The molecular weight excluding hydrogens is 391 g/mol. The van der Waals surface area contributed by atoms with E-state index in [4.69, 9.17) is 0 Å². The Kier molecular flexibility index (Phi) is 4.48. The fourth-order valence-electron chi connectivity index (χ4n) is 4.53. The molecule has 0 amide bonds. The molecule has 2 aromatic heterocycles. The van der Waals surface area contributed by atoms with E-state index in [-0.39, 0.29) is 17.8 Å². The zero-order chi connectivity index (χ0) is 20.0. The minimum Gasteiger partial charge on any atom is -0.298 e. The van der Waals surface area contributed by atoms with Gasteiger partial charge in [-0.25, -0.2) is 9.07 Å². The molecule has 29 heavy (non-hydrogen) atoms. The number of benzene rings is 1. The molecule has 1 saturated heterocycles. The van der Waals surface area contributed by atoms with Crippen molar-refractivity contribution in [3.05, 3.63) is 84.6 Å². The summed E-state index contributed by atoms with van der Waals surface area (Å²) in [5.41, 5.74) is -0.423. The van der Waals surface area contributed by atoms with Crippen molar-refractivity contribution in [2.24, 2.45) is 5.41 Å². The lowest BCUT2D eigenvalue weighted by Gasteiger charge is -2.22. The van der Waals surface area contributed by atoms with E-state index in [0.29, 0.717) is 18.8 Å². The minimum absolute atomic E-state index is 0.0298. The molecule has 1 spiro atoms. The van der Waals surface area contributed by atoms with Crippen molar-refractivity contribution in [2.75, 3.05) is 13.1 Å². The molecule has 4 heterocycles. The zero-order valence-corrected chi connectivity index (χ0v) is 16.7. The molecule has 8 heteroatoms. The molecule has 5 rings (SSSR count). The van der Waals surface area contributed by atoms with Crippen LogP contribution in [-0.2, 0) is 26.1 Å². The lowest BCUT2D eigenvalue weighted by atomic mass is 9.86. The molecule has 0 saturated carbocycles. The highest BCUT2D eigenvalue weighted by atomic mass is 32.1. The largest absolute Gasteiger partial charge is 0.332 e. The van der Waals surface area contributed by atoms with Crippen LogP contribution in [0.1, 0.15) is 22.7 Å². The number of hydrogen-bond acceptors (Lipinski definition) is 5. The van der Waals surface area contributed by atoms with Crippen LogP contribution >= 0.6 is 11.3 Å². The number of likely N-dealkylation sites (tertiary alicyclic amines) is 1. The van der Waals surface area contributed by atoms with Gasteiger partial charge < -0.3 is 0 Å². The Hall–Kier alpha value is -2.58. The molecular formula is C21H21FN4O2S. The minimum atomic E-state index is -0.622. The van der Waals surface area contributed by atoms with Gasteiger partial charge in [-0.15, -0.1) is 11.3 Å². The van der Waals surface area contributed by atoms with Crippen LogP contribution in [0.2, 0.25) is 0 Å². The number of aromatic nitrogens is 3. The summed E-state index contributed by atoms with van der Waals surface area (Å²) >= 11 is 1.76. The molecule has 1 aromatic carbocycles. The van der Waals surface area contributed by atoms with Crippen LogP contribution in [0, 0.1) is 11.2 Å². The molecule has 2 aliphatic heterocycles. The van der Waals surface area contributed by atoms with Crippen LogP contribution in [-0.4, -0.2) is 32.3 Å². The van der Waals surface area contributed by atoms with Gasteiger partial charge in [-0.2, -0.15) is 5.10 Å². The van der Waals surface area contributed by atoms with Crippen molar-refractivity contribution in [2.45, 2.75) is 32.5 Å². The van der Waals surface area contributed by atoms with Gasteiger partial charge in [0.2, 0.25) is 0 Å². The highest BCUT2D eigenvalue weighted by Gasteiger charge is 2.44. The third kappa shape index (κ3) is 3.47. The molecule has 6 nitrogen and oxygen atoms in total. The summed E-state index contributed by atoms with van der Waals surface area (Å²) in [5.74, 6) is 0.341. The van der Waals surface area contributed by atoms with Crippen molar-refractivity contribution >= 4 is 11.3 Å². The molecule has 0 radical (unpaired) electrons. The maximum atomic E-state index is 13.1. The van der Waals surface area contributed by atoms with Gasteiger partial charge in [0.25, 0.3) is 0 Å². The Morgan fingerprint density at radius 3 is 2.66 bits per heavy atom. The van der Waals surface area contributed by atoms with Gasteiger partial charge in [0.05, 0.1) is 6.54 Å². The monoisotopic (exact) mass is 412 g/mol. The molecule has 3 aromatic rings. The lowest BCUT2D eigenvalue weighted by Crippen LogP contribution is -2.43. The Morgan fingerprint density at radius 2 is 1.90 bits per heavy atom. The number of nitrogens with zero attached hydrogens (tertiary/aromatic N) is 4. The Balaban J connectivity index is 1.38. The third-order valence-corrected chi connectivity index (χ3v) is 6.82. The highest BCUT2D eigenvalue weighted by Crippen LogP contribution is 2.39. The standard InChI is InChI=1S/C21H21FN4O2S/c22-16-5-3-15(4-6-16)11-26-20(28)19(27)25-14-21(10-18(25)23-26)7-8-24(13-21)12-17-2-1-9-29-17/h1-6,9H,7-8,10-14H2. The fraction of sp³-hybridized carbons (Fsp3) is 0.381. The Morgan fingerprint density at radius 1 is 1.07 bits per heavy atom. The maximum absolute atomic E-state index is 13.1. The first-order valence-electron chi connectivity index (χ1n) is 9.71. The molecule has 0 N–H and O–H groups in total. The predicted octanol–water partition coefficient (Wildman–Crippen LogP) is 2.10. The number of thiophene rings is 1. The topological polar surface area (TPSA) is 60.1 Å². The van der Waals surface area contributed by atoms with Crippen LogP contribution in [0.5, 0.6) is 0 Å². The Labute approximate surface area is 170 Å². The van der Waals surface area contributed by atoms with Crippen molar-refractivity contribution in [3.8, 4) is 0 Å². The van der Waals surface area contributed by atoms with Gasteiger partial charge >= 0.3 is 11.1 Å². The zero-order valence-electron chi connectivity index (χ0n) is 15.9. The van der Waals surface area contributed by atoms with Crippen LogP contribution < -0.4 is 11.1 Å². The fourth-order valence-corrected chi connectivity index (χ4v) is 5.28. The normalized spacial score (nSPS) is 21.1. The number of hydrogen-bond donors (Lipinski definition) is 0. The summed E-state index contributed by atoms with van der Waals surface area (Å²) in [6.45, 7) is 3.54. The lowest BCUT2D eigenvalue weighted by molar-refractivity contribution is 0.247. The average molecular weight is 412 g/mol. The van der Waals surface area contributed by atoms with Gasteiger partial charge in [-0.1, -0.05) is 18.2 Å². The van der Waals surface area contributed by atoms with E-state index in [1.165, 1.54) is 21.7 Å². The van der Waals surface area contributed by atoms with Gasteiger partial charge in [-0.3, -0.25) is 19.1 Å². The van der Waals surface area contributed by atoms with Crippen molar-refractivity contribution in [1.82, 2.24) is 19.2 Å². The maximum Gasteiger partial charge on any atom is 0.332 e. The van der Waals surface area contributed by atoms with Gasteiger partial charge in [0.15, 0.2) is 0 Å². The summed E-state index contributed by atoms with van der Waals surface area (Å²) in [6.07, 6.45) is 1.69. The summed E-state index contributed by atoms with van der Waals surface area (Å²) < 4.78 is 15.9. The molecule has 1 fully saturated rings. The molecule has 1 unspecified atom stereocenters. The summed E-state index contributed by atoms with van der Waals surface area (Å²) in [6, 6.07) is 10.1. The van der Waals surface area contributed by atoms with E-state index in [0.717, 1.165) is 31.6 Å². The number of rotatable bonds is 4. The van der Waals surface area contributed by atoms with Crippen LogP contribution in [0.4, 0.5) is 4.39 Å². The van der Waals surface area contributed by atoms with Gasteiger partial charge in [0.1, 0.15) is 11.6 Å². The average Bonchev–Trinajstić information content (AvgIpc) is 3.43. The predicted molar refractivity (Wildman–Crippen MR) is 109 cm³/mol. The molecule has 0 bridgehead atoms. The second kappa shape index (κ2) is 7.03. The number of halogens is 1. The first kappa shape index (κ1) is 18.4. The van der Waals surface area contributed by atoms with E-state index in [2.05, 4.69) is 27.5 Å². The molecule has 1 atom stereocenters. The van der Waals surface area contributed by atoms with Crippen molar-refractivity contribution in [1.29, 1.82) is 0 Å². The first-order chi connectivity index (χ1) is 14.0. The van der Waals surface area contributed by atoms with Crippen molar-refractivity contribution < 1.29 is 4.39 Å². The Bertz CT molecular complexity index is 1150. The number of fused-ring (bicyclic) bond motifs is 1. The van der Waals surface area contributed by atoms with Crippen molar-refractivity contribution in [3.63, 3.8) is 0 Å².